The zero-order valence-electron chi connectivity index (χ0n) is 7.89. The van der Waals surface area contributed by atoms with E-state index in [0.29, 0.717) is 6.42 Å². The maximum atomic E-state index is 10.9. The Labute approximate surface area is 77.2 Å². The summed E-state index contributed by atoms with van der Waals surface area (Å²) in [4.78, 5) is 21.7. The fourth-order valence-corrected chi connectivity index (χ4v) is 0.723. The molecule has 13 heavy (non-hydrogen) atoms. The molecule has 1 unspecified atom stereocenters. The Morgan fingerprint density at radius 3 is 2.46 bits per heavy atom. The van der Waals surface area contributed by atoms with Gasteiger partial charge in [-0.1, -0.05) is 6.92 Å². The van der Waals surface area contributed by atoms with Gasteiger partial charge in [-0.25, -0.2) is 0 Å². The van der Waals surface area contributed by atoms with Gasteiger partial charge in [0.1, 0.15) is 6.04 Å². The Balaban J connectivity index is 3.94. The summed E-state index contributed by atoms with van der Waals surface area (Å²) in [6.45, 7) is 1.98. The molecule has 1 atom stereocenters. The van der Waals surface area contributed by atoms with Crippen molar-refractivity contribution in [2.45, 2.75) is 19.4 Å². The molecule has 6 nitrogen and oxygen atoms in total. The van der Waals surface area contributed by atoms with E-state index in [1.807, 2.05) is 0 Å². The minimum atomic E-state index is -0.667. The molecular weight excluding hydrogens is 172 g/mol. The summed E-state index contributed by atoms with van der Waals surface area (Å²) in [5.74, 6) is -0.744. The third-order valence-electron chi connectivity index (χ3n) is 1.48. The average molecular weight is 188 g/mol. The van der Waals surface area contributed by atoms with E-state index in [4.69, 9.17) is 5.73 Å². The van der Waals surface area contributed by atoms with E-state index in [-0.39, 0.29) is 12.5 Å². The lowest BCUT2D eigenvalue weighted by Gasteiger charge is -2.14. The summed E-state index contributed by atoms with van der Waals surface area (Å²) in [5.41, 5.74) is 10.4. The molecule has 0 saturated heterocycles. The van der Waals surface area contributed by atoms with E-state index in [9.17, 15) is 9.59 Å². The number of primary amides is 1. The first-order valence-corrected chi connectivity index (χ1v) is 4.10. The van der Waals surface area contributed by atoms with Crippen LogP contribution >= 0.6 is 0 Å². The topological polar surface area (TPSA) is 96.2 Å². The number of hydrazine groups is 1. The Bertz CT molecular complexity index is 183. The van der Waals surface area contributed by atoms with E-state index >= 15 is 0 Å². The molecule has 76 valence electrons. The van der Waals surface area contributed by atoms with Crippen LogP contribution in [0.1, 0.15) is 13.3 Å². The first-order valence-electron chi connectivity index (χ1n) is 4.10. The van der Waals surface area contributed by atoms with Crippen molar-refractivity contribution in [3.8, 4) is 0 Å². The van der Waals surface area contributed by atoms with Gasteiger partial charge in [-0.2, -0.15) is 0 Å². The van der Waals surface area contributed by atoms with Crippen LogP contribution in [0.15, 0.2) is 0 Å². The highest BCUT2D eigenvalue weighted by molar-refractivity contribution is 5.86. The van der Waals surface area contributed by atoms with Gasteiger partial charge < -0.3 is 11.1 Å². The van der Waals surface area contributed by atoms with Gasteiger partial charge in [-0.15, -0.1) is 0 Å². The molecule has 0 aromatic rings. The minimum absolute atomic E-state index is 0.193. The molecule has 0 aromatic carbocycles. The van der Waals surface area contributed by atoms with Crippen molar-refractivity contribution in [3.63, 3.8) is 0 Å². The van der Waals surface area contributed by atoms with E-state index in [1.54, 1.807) is 14.0 Å². The van der Waals surface area contributed by atoms with Crippen LogP contribution in [0.5, 0.6) is 0 Å². The van der Waals surface area contributed by atoms with Gasteiger partial charge in [0, 0.05) is 13.0 Å². The fraction of sp³-hybridized carbons (Fsp3) is 0.714. The molecule has 0 aromatic heterocycles. The van der Waals surface area contributed by atoms with Crippen molar-refractivity contribution in [2.75, 3.05) is 13.6 Å². The maximum absolute atomic E-state index is 10.9. The van der Waals surface area contributed by atoms with E-state index < -0.39 is 11.9 Å². The fourth-order valence-electron chi connectivity index (χ4n) is 0.723. The molecule has 2 amide bonds. The van der Waals surface area contributed by atoms with Gasteiger partial charge in [0.05, 0.1) is 0 Å². The Hall–Kier alpha value is -1.14. The second kappa shape index (κ2) is 6.38. The number of hydrogen-bond acceptors (Lipinski definition) is 4. The molecule has 6 heteroatoms. The number of rotatable bonds is 6. The molecule has 0 fully saturated rings. The molecule has 0 saturated carbocycles. The normalized spacial score (nSPS) is 12.2. The SMILES string of the molecule is CCC(=O)NC(CNNC)C(N)=O. The highest BCUT2D eigenvalue weighted by Crippen LogP contribution is 1.82. The van der Waals surface area contributed by atoms with Crippen LogP contribution < -0.4 is 21.9 Å². The Kier molecular flexibility index (Phi) is 5.82. The average Bonchev–Trinajstić information content (AvgIpc) is 2.11. The molecule has 0 aliphatic heterocycles. The molecule has 0 aliphatic carbocycles. The van der Waals surface area contributed by atoms with Crippen LogP contribution in [0, 0.1) is 0 Å². The van der Waals surface area contributed by atoms with Gasteiger partial charge in [-0.05, 0) is 7.05 Å². The van der Waals surface area contributed by atoms with Gasteiger partial charge in [0.2, 0.25) is 11.8 Å². The van der Waals surface area contributed by atoms with Crippen molar-refractivity contribution in [3.05, 3.63) is 0 Å². The van der Waals surface area contributed by atoms with Gasteiger partial charge >= 0.3 is 0 Å². The van der Waals surface area contributed by atoms with Crippen LogP contribution in [-0.2, 0) is 9.59 Å². The smallest absolute Gasteiger partial charge is 0.241 e. The molecule has 0 rings (SSSR count). The van der Waals surface area contributed by atoms with Crippen molar-refractivity contribution in [1.29, 1.82) is 0 Å². The van der Waals surface area contributed by atoms with Crippen LogP contribution in [0.25, 0.3) is 0 Å². The molecule has 0 bridgehead atoms. The number of carbonyl (C=O) groups is 2. The lowest BCUT2D eigenvalue weighted by atomic mass is 10.2. The van der Waals surface area contributed by atoms with E-state index in [0.717, 1.165) is 0 Å². The molecular formula is C7H16N4O2. The highest BCUT2D eigenvalue weighted by Gasteiger charge is 2.15. The summed E-state index contributed by atoms with van der Waals surface area (Å²) < 4.78 is 0. The van der Waals surface area contributed by atoms with Gasteiger partial charge in [0.25, 0.3) is 0 Å². The second-order valence-corrected chi connectivity index (χ2v) is 2.51. The maximum Gasteiger partial charge on any atom is 0.241 e. The summed E-state index contributed by atoms with van der Waals surface area (Å²) in [6, 6.07) is -0.667. The van der Waals surface area contributed by atoms with Crippen LogP contribution in [0.3, 0.4) is 0 Å². The zero-order valence-corrected chi connectivity index (χ0v) is 7.89. The second-order valence-electron chi connectivity index (χ2n) is 2.51. The largest absolute Gasteiger partial charge is 0.368 e. The highest BCUT2D eigenvalue weighted by atomic mass is 16.2. The quantitative estimate of drug-likeness (QED) is 0.366. The monoisotopic (exact) mass is 188 g/mol. The first-order chi connectivity index (χ1) is 6.11. The number of nitrogens with one attached hydrogen (secondary N) is 3. The molecule has 5 N–H and O–H groups in total. The number of nitrogens with two attached hydrogens (primary N) is 1. The van der Waals surface area contributed by atoms with Gasteiger partial charge in [-0.3, -0.25) is 20.4 Å². The summed E-state index contributed by atoms with van der Waals surface area (Å²) in [7, 11) is 1.67. The van der Waals surface area contributed by atoms with Gasteiger partial charge in [0.15, 0.2) is 0 Å². The third-order valence-corrected chi connectivity index (χ3v) is 1.48. The Morgan fingerprint density at radius 1 is 1.46 bits per heavy atom. The van der Waals surface area contributed by atoms with Crippen LogP contribution in [-0.4, -0.2) is 31.4 Å². The van der Waals surface area contributed by atoms with Crippen molar-refractivity contribution < 1.29 is 9.59 Å². The lowest BCUT2D eigenvalue weighted by molar-refractivity contribution is -0.127. The number of hydrogen-bond donors (Lipinski definition) is 4. The Morgan fingerprint density at radius 2 is 2.08 bits per heavy atom. The zero-order chi connectivity index (χ0) is 10.3. The van der Waals surface area contributed by atoms with Crippen molar-refractivity contribution >= 4 is 11.8 Å². The van der Waals surface area contributed by atoms with Crippen molar-refractivity contribution in [1.82, 2.24) is 16.2 Å². The molecule has 0 radical (unpaired) electrons. The molecule has 0 spiro atoms. The predicted octanol–water partition coefficient (Wildman–Crippen LogP) is -1.91. The summed E-state index contributed by atoms with van der Waals surface area (Å²) >= 11 is 0. The summed E-state index contributed by atoms with van der Waals surface area (Å²) in [5, 5.41) is 2.48. The van der Waals surface area contributed by atoms with E-state index in [2.05, 4.69) is 16.2 Å². The van der Waals surface area contributed by atoms with E-state index in [1.165, 1.54) is 0 Å². The minimum Gasteiger partial charge on any atom is -0.368 e. The van der Waals surface area contributed by atoms with Crippen LogP contribution in [0.4, 0.5) is 0 Å². The van der Waals surface area contributed by atoms with Crippen LogP contribution in [0.2, 0.25) is 0 Å². The molecule has 0 aliphatic rings. The standard InChI is InChI=1S/C7H16N4O2/c1-3-6(12)11-5(7(8)13)4-10-9-2/h5,9-10H,3-4H2,1-2H3,(H2,8,13)(H,11,12). The van der Waals surface area contributed by atoms with Crippen molar-refractivity contribution in [2.24, 2.45) is 5.73 Å². The third kappa shape index (κ3) is 5.15. The summed E-state index contributed by atoms with van der Waals surface area (Å²) in [6.07, 6.45) is 0.337. The molecule has 0 heterocycles. The number of carbonyl (C=O) groups excluding carboxylic acids is 2. The predicted molar refractivity (Wildman–Crippen MR) is 48.5 cm³/mol. The lowest BCUT2D eigenvalue weighted by Crippen LogP contribution is -2.51. The first kappa shape index (κ1) is 11.9. The number of amides is 2.